The van der Waals surface area contributed by atoms with Gasteiger partial charge >= 0.3 is 6.18 Å². The van der Waals surface area contributed by atoms with Gasteiger partial charge < -0.3 is 0 Å². The monoisotopic (exact) mass is 261 g/mol. The Kier molecular flexibility index (Phi) is 3.17. The molecule has 102 valence electrons. The maximum atomic E-state index is 12.3. The molecule has 2 rings (SSSR count). The summed E-state index contributed by atoms with van der Waals surface area (Å²) in [6.07, 6.45) is -4.13. The van der Waals surface area contributed by atoms with Crippen LogP contribution in [0.4, 0.5) is 13.2 Å². The molecule has 0 bridgehead atoms. The average Bonchev–Trinajstić information content (AvgIpc) is 2.57. The lowest BCUT2D eigenvalue weighted by Gasteiger charge is -2.28. The van der Waals surface area contributed by atoms with E-state index in [2.05, 4.69) is 25.9 Å². The van der Waals surface area contributed by atoms with E-state index < -0.39 is 12.7 Å². The SMILES string of the molecule is CC(C)(C)c1cc2n(n1)CCN(CC(F)(F)F)C2. The molecule has 3 nitrogen and oxygen atoms in total. The van der Waals surface area contributed by atoms with Crippen molar-refractivity contribution in [3.8, 4) is 0 Å². The van der Waals surface area contributed by atoms with Crippen molar-refractivity contribution in [3.05, 3.63) is 17.5 Å². The van der Waals surface area contributed by atoms with Gasteiger partial charge in [0.1, 0.15) is 0 Å². The number of nitrogens with zero attached hydrogens (tertiary/aromatic N) is 3. The fourth-order valence-electron chi connectivity index (χ4n) is 2.08. The topological polar surface area (TPSA) is 21.1 Å². The lowest BCUT2D eigenvalue weighted by atomic mass is 9.92. The van der Waals surface area contributed by atoms with Crippen LogP contribution in [-0.2, 0) is 18.5 Å². The van der Waals surface area contributed by atoms with Crippen LogP contribution >= 0.6 is 0 Å². The first-order valence-electron chi connectivity index (χ1n) is 6.01. The second-order valence-corrected chi connectivity index (χ2v) is 5.82. The van der Waals surface area contributed by atoms with E-state index in [0.717, 1.165) is 11.4 Å². The molecule has 6 heteroatoms. The summed E-state index contributed by atoms with van der Waals surface area (Å²) in [6, 6.07) is 1.92. The fourth-order valence-corrected chi connectivity index (χ4v) is 2.08. The number of rotatable bonds is 1. The molecule has 0 N–H and O–H groups in total. The highest BCUT2D eigenvalue weighted by Gasteiger charge is 2.33. The molecule has 1 aliphatic heterocycles. The second-order valence-electron chi connectivity index (χ2n) is 5.82. The van der Waals surface area contributed by atoms with Crippen LogP contribution in [0, 0.1) is 0 Å². The first-order valence-corrected chi connectivity index (χ1v) is 6.01. The smallest absolute Gasteiger partial charge is 0.287 e. The number of alkyl halides is 3. The van der Waals surface area contributed by atoms with Crippen LogP contribution in [0.25, 0.3) is 0 Å². The lowest BCUT2D eigenvalue weighted by Crippen LogP contribution is -2.39. The molecule has 1 aromatic heterocycles. The van der Waals surface area contributed by atoms with Gasteiger partial charge in [-0.1, -0.05) is 20.8 Å². The van der Waals surface area contributed by atoms with Crippen LogP contribution in [0.15, 0.2) is 6.07 Å². The van der Waals surface area contributed by atoms with Crippen molar-refractivity contribution in [1.29, 1.82) is 0 Å². The molecular weight excluding hydrogens is 243 g/mol. The average molecular weight is 261 g/mol. The van der Waals surface area contributed by atoms with Crippen molar-refractivity contribution in [1.82, 2.24) is 14.7 Å². The Morgan fingerprint density at radius 2 is 1.89 bits per heavy atom. The normalized spacial score (nSPS) is 17.9. The molecule has 0 saturated carbocycles. The minimum absolute atomic E-state index is 0.0702. The van der Waals surface area contributed by atoms with Gasteiger partial charge in [0.05, 0.1) is 24.5 Å². The van der Waals surface area contributed by atoms with Crippen molar-refractivity contribution in [2.75, 3.05) is 13.1 Å². The van der Waals surface area contributed by atoms with Gasteiger partial charge in [0.15, 0.2) is 0 Å². The van der Waals surface area contributed by atoms with Crippen molar-refractivity contribution in [2.45, 2.75) is 45.5 Å². The van der Waals surface area contributed by atoms with E-state index in [1.807, 2.05) is 10.7 Å². The highest BCUT2D eigenvalue weighted by Crippen LogP contribution is 2.25. The zero-order valence-electron chi connectivity index (χ0n) is 10.9. The summed E-state index contributed by atoms with van der Waals surface area (Å²) in [5.41, 5.74) is 1.74. The fraction of sp³-hybridized carbons (Fsp3) is 0.750. The summed E-state index contributed by atoms with van der Waals surface area (Å²) in [5, 5.41) is 4.46. The number of hydrogen-bond acceptors (Lipinski definition) is 2. The van der Waals surface area contributed by atoms with Gasteiger partial charge in [-0.3, -0.25) is 9.58 Å². The van der Waals surface area contributed by atoms with E-state index in [-0.39, 0.29) is 5.41 Å². The van der Waals surface area contributed by atoms with E-state index in [1.54, 1.807) is 0 Å². The Morgan fingerprint density at radius 1 is 1.22 bits per heavy atom. The maximum Gasteiger partial charge on any atom is 0.401 e. The van der Waals surface area contributed by atoms with Crippen molar-refractivity contribution in [2.24, 2.45) is 0 Å². The van der Waals surface area contributed by atoms with E-state index >= 15 is 0 Å². The van der Waals surface area contributed by atoms with Gasteiger partial charge in [0.25, 0.3) is 0 Å². The Balaban J connectivity index is 2.13. The molecular formula is C12H18F3N3. The summed E-state index contributed by atoms with van der Waals surface area (Å²) >= 11 is 0. The number of aromatic nitrogens is 2. The summed E-state index contributed by atoms with van der Waals surface area (Å²) in [6.45, 7) is 6.56. The number of hydrogen-bond donors (Lipinski definition) is 0. The minimum atomic E-state index is -4.13. The van der Waals surface area contributed by atoms with Crippen LogP contribution in [0.5, 0.6) is 0 Å². The van der Waals surface area contributed by atoms with Crippen molar-refractivity contribution in [3.63, 3.8) is 0 Å². The Labute approximate surface area is 105 Å². The van der Waals surface area contributed by atoms with E-state index in [9.17, 15) is 13.2 Å². The van der Waals surface area contributed by atoms with Gasteiger partial charge in [-0.15, -0.1) is 0 Å². The molecule has 1 aliphatic rings. The Bertz CT molecular complexity index is 429. The predicted octanol–water partition coefficient (Wildman–Crippen LogP) is 2.56. The van der Waals surface area contributed by atoms with Gasteiger partial charge in [0, 0.05) is 18.5 Å². The lowest BCUT2D eigenvalue weighted by molar-refractivity contribution is -0.148. The third-order valence-corrected chi connectivity index (χ3v) is 3.05. The summed E-state index contributed by atoms with van der Waals surface area (Å²) in [5.74, 6) is 0. The third kappa shape index (κ3) is 3.04. The van der Waals surface area contributed by atoms with Crippen molar-refractivity contribution < 1.29 is 13.2 Å². The number of fused-ring (bicyclic) bond motifs is 1. The van der Waals surface area contributed by atoms with Gasteiger partial charge in [-0.25, -0.2) is 0 Å². The van der Waals surface area contributed by atoms with Crippen LogP contribution in [0.3, 0.4) is 0 Å². The van der Waals surface area contributed by atoms with Crippen molar-refractivity contribution >= 4 is 0 Å². The molecule has 0 aromatic carbocycles. The molecule has 2 heterocycles. The third-order valence-electron chi connectivity index (χ3n) is 3.05. The Hall–Kier alpha value is -1.04. The molecule has 18 heavy (non-hydrogen) atoms. The second kappa shape index (κ2) is 4.26. The first-order chi connectivity index (χ1) is 8.15. The zero-order valence-corrected chi connectivity index (χ0v) is 10.9. The molecule has 1 aromatic rings. The van der Waals surface area contributed by atoms with Crippen LogP contribution in [-0.4, -0.2) is 33.9 Å². The van der Waals surface area contributed by atoms with E-state index in [1.165, 1.54) is 4.90 Å². The molecule has 0 radical (unpaired) electrons. The molecule has 0 saturated heterocycles. The molecule has 0 amide bonds. The molecule has 0 aliphatic carbocycles. The van der Waals surface area contributed by atoms with Gasteiger partial charge in [-0.05, 0) is 6.07 Å². The first kappa shape index (κ1) is 13.4. The van der Waals surface area contributed by atoms with Crippen LogP contribution < -0.4 is 0 Å². The Morgan fingerprint density at radius 3 is 2.44 bits per heavy atom. The van der Waals surface area contributed by atoms with Crippen LogP contribution in [0.1, 0.15) is 32.2 Å². The number of halogens is 3. The minimum Gasteiger partial charge on any atom is -0.287 e. The largest absolute Gasteiger partial charge is 0.401 e. The highest BCUT2D eigenvalue weighted by molar-refractivity contribution is 5.18. The van der Waals surface area contributed by atoms with Gasteiger partial charge in [0.2, 0.25) is 0 Å². The summed E-state index contributed by atoms with van der Waals surface area (Å²) in [7, 11) is 0. The zero-order chi connectivity index (χ0) is 13.6. The van der Waals surface area contributed by atoms with Gasteiger partial charge in [-0.2, -0.15) is 18.3 Å². The molecule has 0 fully saturated rings. The van der Waals surface area contributed by atoms with E-state index in [4.69, 9.17) is 0 Å². The van der Waals surface area contributed by atoms with Crippen LogP contribution in [0.2, 0.25) is 0 Å². The standard InChI is InChI=1S/C12H18F3N3/c1-11(2,3)10-6-9-7-17(8-12(13,14)15)4-5-18(9)16-10/h6H,4-5,7-8H2,1-3H3. The summed E-state index contributed by atoms with van der Waals surface area (Å²) in [4.78, 5) is 1.42. The quantitative estimate of drug-likeness (QED) is 0.774. The molecule has 0 atom stereocenters. The molecule has 0 unspecified atom stereocenters. The predicted molar refractivity (Wildman–Crippen MR) is 62.3 cm³/mol. The highest BCUT2D eigenvalue weighted by atomic mass is 19.4. The maximum absolute atomic E-state index is 12.3. The van der Waals surface area contributed by atoms with E-state index in [0.29, 0.717) is 19.6 Å². The summed E-state index contributed by atoms with van der Waals surface area (Å²) < 4.78 is 38.9. The molecule has 0 spiro atoms.